The largest absolute Gasteiger partial charge is 0.494 e. The number of rotatable bonds is 7. The number of aromatic nitrogens is 1. The molecular weight excluding hydrogens is 426 g/mol. The number of benzene rings is 3. The quantitative estimate of drug-likeness (QED) is 0.247. The van der Waals surface area contributed by atoms with Crippen molar-refractivity contribution in [2.24, 2.45) is 5.10 Å². The lowest BCUT2D eigenvalue weighted by Gasteiger charge is -2.08. The van der Waals surface area contributed by atoms with Crippen molar-refractivity contribution in [3.05, 3.63) is 101 Å². The Labute approximate surface area is 197 Å². The number of hydrogen-bond acceptors (Lipinski definition) is 4. The molecule has 6 heteroatoms. The number of fused-ring (bicyclic) bond motifs is 2. The van der Waals surface area contributed by atoms with Crippen molar-refractivity contribution in [3.63, 3.8) is 0 Å². The Morgan fingerprint density at radius 1 is 1.06 bits per heavy atom. The van der Waals surface area contributed by atoms with Crippen molar-refractivity contribution in [3.8, 4) is 5.75 Å². The average molecular weight is 452 g/mol. The van der Waals surface area contributed by atoms with Gasteiger partial charge in [0.25, 0.3) is 0 Å². The topological polar surface area (TPSA) is 68.8 Å². The van der Waals surface area contributed by atoms with Gasteiger partial charge in [-0.05, 0) is 49.7 Å². The molecule has 0 aliphatic heterocycles. The summed E-state index contributed by atoms with van der Waals surface area (Å²) in [5.74, 6) is 0.531. The molecule has 0 atom stereocenters. The number of amides is 1. The van der Waals surface area contributed by atoms with Crippen LogP contribution in [0.3, 0.4) is 0 Å². The standard InChI is InChI=1S/C28H25N3O3/c1-3-33-22-13-14-26-21(15-22)16-27(34-26)28(32)30-29-17-24-19(2)31(18-20-9-5-4-6-10-20)25-12-8-7-11-23(24)25/h4-17H,3,18H2,1-2H3,(H,30,32)/b29-17+. The first-order chi connectivity index (χ1) is 16.6. The Morgan fingerprint density at radius 2 is 1.85 bits per heavy atom. The van der Waals surface area contributed by atoms with Gasteiger partial charge >= 0.3 is 5.91 Å². The molecule has 0 aliphatic carbocycles. The smallest absolute Gasteiger partial charge is 0.307 e. The molecule has 0 fully saturated rings. The van der Waals surface area contributed by atoms with E-state index in [0.29, 0.717) is 12.2 Å². The van der Waals surface area contributed by atoms with Crippen molar-refractivity contribution in [2.45, 2.75) is 20.4 Å². The molecule has 34 heavy (non-hydrogen) atoms. The Kier molecular flexibility index (Phi) is 5.87. The summed E-state index contributed by atoms with van der Waals surface area (Å²) in [6.07, 6.45) is 1.70. The lowest BCUT2D eigenvalue weighted by Crippen LogP contribution is -2.16. The van der Waals surface area contributed by atoms with Crippen molar-refractivity contribution in [1.29, 1.82) is 0 Å². The van der Waals surface area contributed by atoms with E-state index in [1.54, 1.807) is 18.3 Å². The number of carbonyl (C=O) groups is 1. The molecule has 3 aromatic carbocycles. The van der Waals surface area contributed by atoms with Crippen LogP contribution in [0.2, 0.25) is 0 Å². The summed E-state index contributed by atoms with van der Waals surface area (Å²) in [6, 6.07) is 25.7. The third kappa shape index (κ3) is 4.18. The first-order valence-corrected chi connectivity index (χ1v) is 11.3. The first kappa shape index (κ1) is 21.5. The molecule has 0 saturated carbocycles. The number of nitrogens with one attached hydrogen (secondary N) is 1. The summed E-state index contributed by atoms with van der Waals surface area (Å²) in [6.45, 7) is 5.33. The SMILES string of the molecule is CCOc1ccc2oc(C(=O)N/N=C/c3c(C)n(Cc4ccccc4)c4ccccc34)cc2c1. The molecule has 0 radical (unpaired) electrons. The zero-order valence-corrected chi connectivity index (χ0v) is 19.1. The highest BCUT2D eigenvalue weighted by Gasteiger charge is 2.14. The number of para-hydroxylation sites is 1. The molecule has 170 valence electrons. The van der Waals surface area contributed by atoms with Crippen LogP contribution in [0.15, 0.2) is 88.4 Å². The van der Waals surface area contributed by atoms with Crippen LogP contribution < -0.4 is 10.2 Å². The van der Waals surface area contributed by atoms with Crippen LogP contribution in [0.4, 0.5) is 0 Å². The van der Waals surface area contributed by atoms with E-state index in [-0.39, 0.29) is 5.76 Å². The average Bonchev–Trinajstić information content (AvgIpc) is 3.40. The second-order valence-corrected chi connectivity index (χ2v) is 8.03. The number of ether oxygens (including phenoxy) is 1. The van der Waals surface area contributed by atoms with Crippen LogP contribution >= 0.6 is 0 Å². The normalized spacial score (nSPS) is 11.5. The van der Waals surface area contributed by atoms with Gasteiger partial charge in [0.15, 0.2) is 5.76 Å². The third-order valence-electron chi connectivity index (χ3n) is 5.85. The number of nitrogens with zero attached hydrogens (tertiary/aromatic N) is 2. The Balaban J connectivity index is 1.38. The van der Waals surface area contributed by atoms with Crippen molar-refractivity contribution in [1.82, 2.24) is 9.99 Å². The molecule has 0 bridgehead atoms. The Hall–Kier alpha value is -4.32. The second-order valence-electron chi connectivity index (χ2n) is 8.03. The molecule has 5 aromatic rings. The second kappa shape index (κ2) is 9.27. The molecule has 1 N–H and O–H groups in total. The van der Waals surface area contributed by atoms with E-state index in [2.05, 4.69) is 46.3 Å². The van der Waals surface area contributed by atoms with Crippen LogP contribution in [0.5, 0.6) is 5.75 Å². The summed E-state index contributed by atoms with van der Waals surface area (Å²) < 4.78 is 13.5. The first-order valence-electron chi connectivity index (χ1n) is 11.3. The highest BCUT2D eigenvalue weighted by atomic mass is 16.5. The van der Waals surface area contributed by atoms with E-state index in [1.165, 1.54) is 5.56 Å². The van der Waals surface area contributed by atoms with Crippen LogP contribution in [0, 0.1) is 6.92 Å². The van der Waals surface area contributed by atoms with Gasteiger partial charge in [-0.25, -0.2) is 5.43 Å². The predicted octanol–water partition coefficient (Wildman–Crippen LogP) is 5.91. The summed E-state index contributed by atoms with van der Waals surface area (Å²) in [5.41, 5.74) is 7.61. The van der Waals surface area contributed by atoms with Gasteiger partial charge in [-0.15, -0.1) is 0 Å². The lowest BCUT2D eigenvalue weighted by atomic mass is 10.1. The van der Waals surface area contributed by atoms with E-state index < -0.39 is 5.91 Å². The third-order valence-corrected chi connectivity index (χ3v) is 5.85. The molecule has 0 unspecified atom stereocenters. The van der Waals surface area contributed by atoms with Crippen molar-refractivity contribution >= 4 is 34.0 Å². The number of hydrogen-bond donors (Lipinski definition) is 1. The predicted molar refractivity (Wildman–Crippen MR) is 135 cm³/mol. The monoisotopic (exact) mass is 451 g/mol. The summed E-state index contributed by atoms with van der Waals surface area (Å²) in [4.78, 5) is 12.7. The highest BCUT2D eigenvalue weighted by Crippen LogP contribution is 2.26. The fourth-order valence-electron chi connectivity index (χ4n) is 4.19. The van der Waals surface area contributed by atoms with Gasteiger partial charge in [-0.1, -0.05) is 48.5 Å². The van der Waals surface area contributed by atoms with E-state index in [0.717, 1.165) is 39.8 Å². The maximum Gasteiger partial charge on any atom is 0.307 e. The van der Waals surface area contributed by atoms with Gasteiger partial charge in [0.2, 0.25) is 0 Å². The van der Waals surface area contributed by atoms with E-state index >= 15 is 0 Å². The van der Waals surface area contributed by atoms with Gasteiger partial charge < -0.3 is 13.7 Å². The van der Waals surface area contributed by atoms with Gasteiger partial charge in [-0.2, -0.15) is 5.10 Å². The summed E-state index contributed by atoms with van der Waals surface area (Å²) >= 11 is 0. The van der Waals surface area contributed by atoms with Gasteiger partial charge in [0.1, 0.15) is 11.3 Å². The van der Waals surface area contributed by atoms with E-state index in [9.17, 15) is 4.79 Å². The molecule has 0 spiro atoms. The fourth-order valence-corrected chi connectivity index (χ4v) is 4.19. The van der Waals surface area contributed by atoms with Gasteiger partial charge in [-0.3, -0.25) is 4.79 Å². The summed E-state index contributed by atoms with van der Waals surface area (Å²) in [7, 11) is 0. The molecule has 2 aromatic heterocycles. The molecule has 0 saturated heterocycles. The minimum absolute atomic E-state index is 0.198. The van der Waals surface area contributed by atoms with Crippen LogP contribution in [-0.2, 0) is 6.54 Å². The Bertz CT molecular complexity index is 1500. The minimum atomic E-state index is -0.406. The molecular formula is C28H25N3O3. The highest BCUT2D eigenvalue weighted by molar-refractivity contribution is 6.02. The van der Waals surface area contributed by atoms with Crippen LogP contribution in [0.1, 0.15) is 34.3 Å². The summed E-state index contributed by atoms with van der Waals surface area (Å²) in [5, 5.41) is 6.13. The van der Waals surface area contributed by atoms with E-state index in [4.69, 9.17) is 9.15 Å². The maximum atomic E-state index is 12.7. The Morgan fingerprint density at radius 3 is 2.68 bits per heavy atom. The van der Waals surface area contributed by atoms with Crippen LogP contribution in [-0.4, -0.2) is 23.3 Å². The van der Waals surface area contributed by atoms with Gasteiger partial charge in [0.05, 0.1) is 12.8 Å². The zero-order chi connectivity index (χ0) is 23.5. The number of carbonyl (C=O) groups excluding carboxylic acids is 1. The van der Waals surface area contributed by atoms with E-state index in [1.807, 2.05) is 49.4 Å². The minimum Gasteiger partial charge on any atom is -0.494 e. The molecule has 6 nitrogen and oxygen atoms in total. The molecule has 0 aliphatic rings. The molecule has 5 rings (SSSR count). The van der Waals surface area contributed by atoms with Crippen molar-refractivity contribution < 1.29 is 13.9 Å². The molecule has 2 heterocycles. The van der Waals surface area contributed by atoms with Gasteiger partial charge in [0, 0.05) is 34.1 Å². The lowest BCUT2D eigenvalue weighted by molar-refractivity contribution is 0.0929. The number of hydrazone groups is 1. The molecule has 1 amide bonds. The number of furan rings is 1. The zero-order valence-electron chi connectivity index (χ0n) is 19.1. The van der Waals surface area contributed by atoms with Crippen LogP contribution in [0.25, 0.3) is 21.9 Å². The fraction of sp³-hybridized carbons (Fsp3) is 0.143. The maximum absolute atomic E-state index is 12.7. The van der Waals surface area contributed by atoms with Crippen molar-refractivity contribution in [2.75, 3.05) is 6.61 Å².